The lowest BCUT2D eigenvalue weighted by Gasteiger charge is -2.16. The van der Waals surface area contributed by atoms with Gasteiger partial charge >= 0.3 is 0 Å². The average molecular weight is 461 g/mol. The molecule has 134 valence electrons. The van der Waals surface area contributed by atoms with Crippen LogP contribution < -0.4 is 16.4 Å². The molecule has 2 aromatic rings. The van der Waals surface area contributed by atoms with Crippen molar-refractivity contribution in [1.82, 2.24) is 10.0 Å². The van der Waals surface area contributed by atoms with Crippen LogP contribution >= 0.6 is 22.6 Å². The van der Waals surface area contributed by atoms with Crippen LogP contribution in [-0.4, -0.2) is 28.3 Å². The first-order chi connectivity index (χ1) is 11.8. The van der Waals surface area contributed by atoms with Gasteiger partial charge in [-0.15, -0.1) is 0 Å². The minimum absolute atomic E-state index is 0.0886. The molecule has 1 amide bonds. The van der Waals surface area contributed by atoms with Gasteiger partial charge in [-0.25, -0.2) is 9.87 Å². The van der Waals surface area contributed by atoms with Crippen LogP contribution in [0.4, 0.5) is 15.9 Å². The third-order valence-corrected chi connectivity index (χ3v) is 3.90. The maximum Gasteiger partial charge on any atom is 0.278 e. The molecule has 0 aliphatic carbocycles. The minimum Gasteiger partial charge on any atom is -0.391 e. The molecule has 0 saturated heterocycles. The summed E-state index contributed by atoms with van der Waals surface area (Å²) >= 11 is 1.98. The van der Waals surface area contributed by atoms with Gasteiger partial charge in [0, 0.05) is 16.7 Å². The molecule has 0 aliphatic heterocycles. The van der Waals surface area contributed by atoms with E-state index in [0.717, 1.165) is 0 Å². The van der Waals surface area contributed by atoms with Crippen molar-refractivity contribution >= 4 is 40.0 Å². The largest absolute Gasteiger partial charge is 0.391 e. The number of amides is 1. The standard InChI is InChI=1S/C16H17FIN3O4/c1-9(22)8-25-20-16(24)11-4-6-14(23)21(2)15(11)19-13-5-3-10(18)7-12(13)17/h3-7,9,19,22H,8H2,1-2H3,(H,20,24). The highest BCUT2D eigenvalue weighted by Gasteiger charge is 2.17. The second-order valence-corrected chi connectivity index (χ2v) is 6.58. The van der Waals surface area contributed by atoms with E-state index in [-0.39, 0.29) is 29.2 Å². The second kappa shape index (κ2) is 8.41. The van der Waals surface area contributed by atoms with E-state index in [2.05, 4.69) is 10.8 Å². The molecule has 1 aromatic heterocycles. The van der Waals surface area contributed by atoms with Gasteiger partial charge in [0.25, 0.3) is 11.5 Å². The number of benzene rings is 1. The molecule has 1 aromatic carbocycles. The number of nitrogens with one attached hydrogen (secondary N) is 2. The number of pyridine rings is 1. The van der Waals surface area contributed by atoms with Crippen LogP contribution in [0.2, 0.25) is 0 Å². The number of anilines is 2. The highest BCUT2D eigenvalue weighted by atomic mass is 127. The summed E-state index contributed by atoms with van der Waals surface area (Å²) in [5.74, 6) is -1.03. The van der Waals surface area contributed by atoms with E-state index in [1.165, 1.54) is 42.8 Å². The Morgan fingerprint density at radius 2 is 2.12 bits per heavy atom. The predicted octanol–water partition coefficient (Wildman–Crippen LogP) is 1.91. The van der Waals surface area contributed by atoms with Crippen LogP contribution in [0.1, 0.15) is 17.3 Å². The maximum atomic E-state index is 14.1. The predicted molar refractivity (Wildman–Crippen MR) is 99.2 cm³/mol. The molecule has 1 heterocycles. The monoisotopic (exact) mass is 461 g/mol. The van der Waals surface area contributed by atoms with Gasteiger partial charge < -0.3 is 10.4 Å². The van der Waals surface area contributed by atoms with Crippen molar-refractivity contribution in [3.8, 4) is 0 Å². The first-order valence-electron chi connectivity index (χ1n) is 7.32. The number of hydroxylamine groups is 1. The smallest absolute Gasteiger partial charge is 0.278 e. The summed E-state index contributed by atoms with van der Waals surface area (Å²) in [7, 11) is 1.46. The molecular weight excluding hydrogens is 444 g/mol. The van der Waals surface area contributed by atoms with Gasteiger partial charge in [-0.1, -0.05) is 0 Å². The highest BCUT2D eigenvalue weighted by Crippen LogP contribution is 2.23. The lowest BCUT2D eigenvalue weighted by atomic mass is 10.2. The van der Waals surface area contributed by atoms with Gasteiger partial charge in [0.05, 0.1) is 17.4 Å². The zero-order valence-electron chi connectivity index (χ0n) is 13.5. The molecule has 0 radical (unpaired) electrons. The Kier molecular flexibility index (Phi) is 6.51. The quantitative estimate of drug-likeness (QED) is 0.452. The third kappa shape index (κ3) is 5.00. The Morgan fingerprint density at radius 1 is 1.40 bits per heavy atom. The molecule has 0 aliphatic rings. The minimum atomic E-state index is -0.751. The molecule has 1 unspecified atom stereocenters. The number of aromatic nitrogens is 1. The van der Waals surface area contributed by atoms with E-state index in [0.29, 0.717) is 3.57 Å². The van der Waals surface area contributed by atoms with Gasteiger partial charge in [0.15, 0.2) is 0 Å². The molecule has 2 rings (SSSR count). The summed E-state index contributed by atoms with van der Waals surface area (Å²) in [4.78, 5) is 29.0. The zero-order valence-corrected chi connectivity index (χ0v) is 15.7. The van der Waals surface area contributed by atoms with Crippen LogP contribution in [0, 0.1) is 9.39 Å². The van der Waals surface area contributed by atoms with Gasteiger partial charge in [-0.2, -0.15) is 0 Å². The van der Waals surface area contributed by atoms with E-state index in [1.54, 1.807) is 6.07 Å². The Labute approximate surface area is 156 Å². The van der Waals surface area contributed by atoms with Gasteiger partial charge in [0.2, 0.25) is 0 Å². The molecular formula is C16H17FIN3O4. The summed E-state index contributed by atoms with van der Waals surface area (Å²) in [6.07, 6.45) is -0.751. The fraction of sp³-hybridized carbons (Fsp3) is 0.250. The lowest BCUT2D eigenvalue weighted by molar-refractivity contribution is -0.00685. The Hall–Kier alpha value is -1.98. The number of nitrogens with zero attached hydrogens (tertiary/aromatic N) is 1. The van der Waals surface area contributed by atoms with Crippen LogP contribution in [0.5, 0.6) is 0 Å². The van der Waals surface area contributed by atoms with E-state index in [4.69, 9.17) is 9.94 Å². The molecule has 0 fully saturated rings. The SMILES string of the molecule is CC(O)CONC(=O)c1ccc(=O)n(C)c1Nc1ccc(I)cc1F. The molecule has 0 saturated carbocycles. The van der Waals surface area contributed by atoms with Crippen molar-refractivity contribution in [3.63, 3.8) is 0 Å². The Bertz CT molecular complexity index is 839. The van der Waals surface area contributed by atoms with Gasteiger partial charge in [-0.05, 0) is 53.8 Å². The topological polar surface area (TPSA) is 92.6 Å². The number of aliphatic hydroxyl groups excluding tert-OH is 1. The number of hydrogen-bond donors (Lipinski definition) is 3. The number of aliphatic hydroxyl groups is 1. The van der Waals surface area contributed by atoms with Crippen LogP contribution in [0.25, 0.3) is 0 Å². The lowest BCUT2D eigenvalue weighted by Crippen LogP contribution is -2.30. The van der Waals surface area contributed by atoms with E-state index >= 15 is 0 Å². The summed E-state index contributed by atoms with van der Waals surface area (Å²) in [6.45, 7) is 1.41. The van der Waals surface area contributed by atoms with Crippen molar-refractivity contribution < 1.29 is 19.1 Å². The second-order valence-electron chi connectivity index (χ2n) is 5.33. The Balaban J connectivity index is 2.34. The van der Waals surface area contributed by atoms with Crippen LogP contribution in [0.15, 0.2) is 35.1 Å². The van der Waals surface area contributed by atoms with Crippen molar-refractivity contribution in [2.45, 2.75) is 13.0 Å². The molecule has 9 heteroatoms. The summed E-state index contributed by atoms with van der Waals surface area (Å²) < 4.78 is 16.0. The molecule has 7 nitrogen and oxygen atoms in total. The van der Waals surface area contributed by atoms with Crippen LogP contribution in [-0.2, 0) is 11.9 Å². The van der Waals surface area contributed by atoms with Crippen LogP contribution in [0.3, 0.4) is 0 Å². The summed E-state index contributed by atoms with van der Waals surface area (Å²) in [6, 6.07) is 7.07. The van der Waals surface area contributed by atoms with Crippen molar-refractivity contribution in [2.75, 3.05) is 11.9 Å². The summed E-state index contributed by atoms with van der Waals surface area (Å²) in [5.41, 5.74) is 2.03. The zero-order chi connectivity index (χ0) is 18.6. The number of hydrogen-bond acceptors (Lipinski definition) is 5. The first-order valence-corrected chi connectivity index (χ1v) is 8.39. The molecule has 1 atom stereocenters. The molecule has 0 bridgehead atoms. The van der Waals surface area contributed by atoms with Gasteiger partial charge in [-0.3, -0.25) is 19.0 Å². The molecule has 0 spiro atoms. The third-order valence-electron chi connectivity index (χ3n) is 3.23. The first kappa shape index (κ1) is 19.3. The normalized spacial score (nSPS) is 11.9. The summed E-state index contributed by atoms with van der Waals surface area (Å²) in [5, 5.41) is 11.9. The Morgan fingerprint density at radius 3 is 2.76 bits per heavy atom. The number of carbonyl (C=O) groups excluding carboxylic acids is 1. The average Bonchev–Trinajstić information content (AvgIpc) is 2.53. The maximum absolute atomic E-state index is 14.1. The van der Waals surface area contributed by atoms with E-state index in [1.807, 2.05) is 22.6 Å². The van der Waals surface area contributed by atoms with Crippen molar-refractivity contribution in [3.05, 3.63) is 55.6 Å². The molecule has 25 heavy (non-hydrogen) atoms. The molecule has 3 N–H and O–H groups in total. The fourth-order valence-corrected chi connectivity index (χ4v) is 2.43. The van der Waals surface area contributed by atoms with E-state index < -0.39 is 17.8 Å². The number of carbonyl (C=O) groups is 1. The van der Waals surface area contributed by atoms with Gasteiger partial charge in [0.1, 0.15) is 18.2 Å². The number of rotatable bonds is 6. The fourth-order valence-electron chi connectivity index (χ4n) is 1.97. The van der Waals surface area contributed by atoms with E-state index in [9.17, 15) is 14.0 Å². The van der Waals surface area contributed by atoms with Crippen molar-refractivity contribution in [1.29, 1.82) is 0 Å². The van der Waals surface area contributed by atoms with Crippen molar-refractivity contribution in [2.24, 2.45) is 7.05 Å². The highest BCUT2D eigenvalue weighted by molar-refractivity contribution is 14.1. The number of halogens is 2.